The molecule has 1 saturated carbocycles. The fourth-order valence-electron chi connectivity index (χ4n) is 2.49. The predicted molar refractivity (Wildman–Crippen MR) is 101 cm³/mol. The third kappa shape index (κ3) is 6.82. The Kier molecular flexibility index (Phi) is 6.53. The minimum Gasteiger partial charge on any atom is -0.444 e. The Bertz CT molecular complexity index is 628. The summed E-state index contributed by atoms with van der Waals surface area (Å²) in [5, 5.41) is 10.0. The lowest BCUT2D eigenvalue weighted by Gasteiger charge is -2.20. The largest absolute Gasteiger partial charge is 0.444 e. The first kappa shape index (κ1) is 19.4. The summed E-state index contributed by atoms with van der Waals surface area (Å²) in [5.41, 5.74) is 0.753. The number of nitrogens with zero attached hydrogens (tertiary/aromatic N) is 1. The maximum atomic E-state index is 11.6. The van der Waals surface area contributed by atoms with Crippen LogP contribution in [0.5, 0.6) is 0 Å². The van der Waals surface area contributed by atoms with E-state index in [9.17, 15) is 4.79 Å². The zero-order chi connectivity index (χ0) is 18.4. The average Bonchev–Trinajstić information content (AvgIpc) is 3.28. The van der Waals surface area contributed by atoms with Gasteiger partial charge in [-0.15, -0.1) is 0 Å². The van der Waals surface area contributed by atoms with Crippen LogP contribution in [0.25, 0.3) is 0 Å². The van der Waals surface area contributed by atoms with Gasteiger partial charge in [-0.2, -0.15) is 0 Å². The summed E-state index contributed by atoms with van der Waals surface area (Å²) in [6.45, 7) is 6.53. The lowest BCUT2D eigenvalue weighted by Crippen LogP contribution is -2.43. The SMILES string of the molecule is CN=C(NCCNC(=O)OC(C)(C)C)NC1CC1c1cccc(Cl)c1. The van der Waals surface area contributed by atoms with Gasteiger partial charge in [0.05, 0.1) is 0 Å². The summed E-state index contributed by atoms with van der Waals surface area (Å²) in [4.78, 5) is 15.8. The number of nitrogens with one attached hydrogen (secondary N) is 3. The summed E-state index contributed by atoms with van der Waals surface area (Å²) in [6, 6.07) is 8.31. The van der Waals surface area contributed by atoms with Gasteiger partial charge in [0.15, 0.2) is 5.96 Å². The summed E-state index contributed by atoms with van der Waals surface area (Å²) < 4.78 is 5.18. The van der Waals surface area contributed by atoms with E-state index in [1.165, 1.54) is 5.56 Å². The number of carbonyl (C=O) groups is 1. The normalized spacial score (nSPS) is 20.0. The van der Waals surface area contributed by atoms with E-state index in [1.54, 1.807) is 7.05 Å². The molecule has 0 saturated heterocycles. The number of ether oxygens (including phenoxy) is 1. The Morgan fingerprint density at radius 2 is 2.04 bits per heavy atom. The van der Waals surface area contributed by atoms with Gasteiger partial charge in [-0.05, 0) is 44.9 Å². The molecule has 1 amide bonds. The Labute approximate surface area is 154 Å². The molecule has 1 aliphatic rings. The number of hydrogen-bond donors (Lipinski definition) is 3. The van der Waals surface area contributed by atoms with E-state index < -0.39 is 11.7 Å². The Hall–Kier alpha value is -1.95. The number of alkyl carbamates (subject to hydrolysis) is 1. The standard InChI is InChI=1S/C18H27ClN4O2/c1-18(2,3)25-17(24)22-9-8-21-16(20-4)23-15-11-14(15)12-6-5-7-13(19)10-12/h5-7,10,14-15H,8-9,11H2,1-4H3,(H,22,24)(H2,20,21,23). The first-order valence-electron chi connectivity index (χ1n) is 8.48. The highest BCUT2D eigenvalue weighted by molar-refractivity contribution is 6.30. The van der Waals surface area contributed by atoms with Gasteiger partial charge in [-0.3, -0.25) is 4.99 Å². The lowest BCUT2D eigenvalue weighted by atomic mass is 10.1. The molecular formula is C18H27ClN4O2. The molecule has 0 aliphatic heterocycles. The molecule has 138 valence electrons. The van der Waals surface area contributed by atoms with Gasteiger partial charge in [0, 0.05) is 37.1 Å². The second-order valence-corrected chi connectivity index (χ2v) is 7.51. The molecule has 0 bridgehead atoms. The molecule has 0 radical (unpaired) electrons. The van der Waals surface area contributed by atoms with Crippen LogP contribution in [0.2, 0.25) is 5.02 Å². The Morgan fingerprint density at radius 1 is 1.32 bits per heavy atom. The van der Waals surface area contributed by atoms with E-state index in [0.29, 0.717) is 25.0 Å². The van der Waals surface area contributed by atoms with Crippen molar-refractivity contribution < 1.29 is 9.53 Å². The second kappa shape index (κ2) is 8.43. The van der Waals surface area contributed by atoms with Crippen LogP contribution < -0.4 is 16.0 Å². The Morgan fingerprint density at radius 3 is 2.68 bits per heavy atom. The molecule has 0 heterocycles. The molecule has 2 rings (SSSR count). The van der Waals surface area contributed by atoms with Crippen molar-refractivity contribution in [3.8, 4) is 0 Å². The van der Waals surface area contributed by atoms with Crippen LogP contribution in [0.4, 0.5) is 4.79 Å². The van der Waals surface area contributed by atoms with Crippen LogP contribution >= 0.6 is 11.6 Å². The Balaban J connectivity index is 1.68. The third-order valence-electron chi connectivity index (χ3n) is 3.70. The van der Waals surface area contributed by atoms with Gasteiger partial charge in [-0.25, -0.2) is 4.79 Å². The van der Waals surface area contributed by atoms with Crippen molar-refractivity contribution in [3.63, 3.8) is 0 Å². The van der Waals surface area contributed by atoms with Gasteiger partial charge in [0.1, 0.15) is 5.60 Å². The summed E-state index contributed by atoms with van der Waals surface area (Å²) in [6.07, 6.45) is 0.637. The molecule has 3 N–H and O–H groups in total. The van der Waals surface area contributed by atoms with Crippen LogP contribution in [0.1, 0.15) is 38.7 Å². The van der Waals surface area contributed by atoms with Crippen molar-refractivity contribution in [2.75, 3.05) is 20.1 Å². The zero-order valence-corrected chi connectivity index (χ0v) is 16.0. The number of aliphatic imine (C=N–C) groups is 1. The number of amides is 1. The molecule has 1 aromatic carbocycles. The topological polar surface area (TPSA) is 74.8 Å². The molecule has 1 aromatic rings. The maximum absolute atomic E-state index is 11.6. The van der Waals surface area contributed by atoms with Crippen molar-refractivity contribution in [2.45, 2.75) is 44.8 Å². The van der Waals surface area contributed by atoms with Gasteiger partial charge in [0.25, 0.3) is 0 Å². The maximum Gasteiger partial charge on any atom is 0.407 e. The van der Waals surface area contributed by atoms with E-state index in [0.717, 1.165) is 17.4 Å². The van der Waals surface area contributed by atoms with Crippen LogP contribution in [0, 0.1) is 0 Å². The molecule has 1 aliphatic carbocycles. The van der Waals surface area contributed by atoms with E-state index in [-0.39, 0.29) is 0 Å². The molecule has 0 aromatic heterocycles. The molecule has 25 heavy (non-hydrogen) atoms. The first-order valence-corrected chi connectivity index (χ1v) is 8.86. The van der Waals surface area contributed by atoms with Crippen molar-refractivity contribution >= 4 is 23.7 Å². The third-order valence-corrected chi connectivity index (χ3v) is 3.93. The van der Waals surface area contributed by atoms with E-state index in [4.69, 9.17) is 16.3 Å². The molecule has 1 fully saturated rings. The molecule has 0 spiro atoms. The zero-order valence-electron chi connectivity index (χ0n) is 15.2. The smallest absolute Gasteiger partial charge is 0.407 e. The monoisotopic (exact) mass is 366 g/mol. The molecule has 6 nitrogen and oxygen atoms in total. The van der Waals surface area contributed by atoms with Crippen molar-refractivity contribution in [3.05, 3.63) is 34.9 Å². The van der Waals surface area contributed by atoms with Gasteiger partial charge in [0.2, 0.25) is 0 Å². The highest BCUT2D eigenvalue weighted by Crippen LogP contribution is 2.41. The minimum absolute atomic E-state index is 0.350. The fourth-order valence-corrected chi connectivity index (χ4v) is 2.69. The fraction of sp³-hybridized carbons (Fsp3) is 0.556. The molecule has 2 atom stereocenters. The van der Waals surface area contributed by atoms with E-state index in [2.05, 4.69) is 27.0 Å². The average molecular weight is 367 g/mol. The number of carbonyl (C=O) groups excluding carboxylic acids is 1. The number of hydrogen-bond acceptors (Lipinski definition) is 3. The number of rotatable bonds is 5. The lowest BCUT2D eigenvalue weighted by molar-refractivity contribution is 0.0529. The highest BCUT2D eigenvalue weighted by Gasteiger charge is 2.39. The van der Waals surface area contributed by atoms with Crippen LogP contribution in [-0.4, -0.2) is 43.8 Å². The quantitative estimate of drug-likeness (QED) is 0.425. The molecular weight excluding hydrogens is 340 g/mol. The van der Waals surface area contributed by atoms with Gasteiger partial charge < -0.3 is 20.7 Å². The van der Waals surface area contributed by atoms with Crippen LogP contribution in [0.3, 0.4) is 0 Å². The van der Waals surface area contributed by atoms with E-state index in [1.807, 2.05) is 39.0 Å². The van der Waals surface area contributed by atoms with Gasteiger partial charge in [-0.1, -0.05) is 23.7 Å². The number of halogens is 1. The van der Waals surface area contributed by atoms with Crippen LogP contribution in [-0.2, 0) is 4.74 Å². The second-order valence-electron chi connectivity index (χ2n) is 7.08. The minimum atomic E-state index is -0.490. The molecule has 7 heteroatoms. The van der Waals surface area contributed by atoms with Crippen molar-refractivity contribution in [2.24, 2.45) is 4.99 Å². The highest BCUT2D eigenvalue weighted by atomic mass is 35.5. The summed E-state index contributed by atoms with van der Waals surface area (Å²) in [5.74, 6) is 1.18. The summed E-state index contributed by atoms with van der Waals surface area (Å²) in [7, 11) is 1.73. The predicted octanol–water partition coefficient (Wildman–Crippen LogP) is 2.89. The number of guanidine groups is 1. The number of benzene rings is 1. The van der Waals surface area contributed by atoms with Crippen molar-refractivity contribution in [1.82, 2.24) is 16.0 Å². The summed E-state index contributed by atoms with van der Waals surface area (Å²) >= 11 is 6.05. The van der Waals surface area contributed by atoms with Crippen molar-refractivity contribution in [1.29, 1.82) is 0 Å². The molecule has 2 unspecified atom stereocenters. The van der Waals surface area contributed by atoms with E-state index >= 15 is 0 Å². The van der Waals surface area contributed by atoms with Gasteiger partial charge >= 0.3 is 6.09 Å². The first-order chi connectivity index (χ1) is 11.8. The van der Waals surface area contributed by atoms with Crippen LogP contribution in [0.15, 0.2) is 29.3 Å².